The van der Waals surface area contributed by atoms with Crippen molar-refractivity contribution in [1.82, 2.24) is 9.97 Å². The van der Waals surface area contributed by atoms with Crippen molar-refractivity contribution in [3.05, 3.63) is 35.9 Å². The lowest BCUT2D eigenvalue weighted by Gasteiger charge is -2.08. The molecule has 19 heavy (non-hydrogen) atoms. The molecule has 6 heteroatoms. The second-order valence-corrected chi connectivity index (χ2v) is 4.46. The standard InChI is InChI=1S/C13H13N5S/c1-15-11-7-12(18-13(17-11)19-2)16-10-5-3-9(8-14)4-6-10/h3-7H,1-2H3,(H2,15,16,17,18). The highest BCUT2D eigenvalue weighted by molar-refractivity contribution is 7.98. The van der Waals surface area contributed by atoms with Gasteiger partial charge in [0.05, 0.1) is 11.6 Å². The van der Waals surface area contributed by atoms with Crippen molar-refractivity contribution in [2.75, 3.05) is 23.9 Å². The van der Waals surface area contributed by atoms with E-state index in [-0.39, 0.29) is 0 Å². The van der Waals surface area contributed by atoms with Gasteiger partial charge in [0.1, 0.15) is 11.6 Å². The molecule has 0 bridgehead atoms. The summed E-state index contributed by atoms with van der Waals surface area (Å²) in [5.41, 5.74) is 1.51. The molecular weight excluding hydrogens is 258 g/mol. The molecular formula is C13H13N5S. The van der Waals surface area contributed by atoms with E-state index in [9.17, 15) is 0 Å². The quantitative estimate of drug-likeness (QED) is 0.658. The van der Waals surface area contributed by atoms with E-state index in [1.807, 2.05) is 31.5 Å². The molecule has 1 aromatic carbocycles. The second kappa shape index (κ2) is 6.07. The minimum atomic E-state index is 0.633. The third-order valence-electron chi connectivity index (χ3n) is 2.43. The minimum absolute atomic E-state index is 0.633. The number of aromatic nitrogens is 2. The number of thioether (sulfide) groups is 1. The van der Waals surface area contributed by atoms with Crippen LogP contribution in [0.15, 0.2) is 35.5 Å². The first kappa shape index (κ1) is 13.2. The van der Waals surface area contributed by atoms with Gasteiger partial charge in [0, 0.05) is 18.8 Å². The smallest absolute Gasteiger partial charge is 0.191 e. The summed E-state index contributed by atoms with van der Waals surface area (Å²) in [6, 6.07) is 11.1. The van der Waals surface area contributed by atoms with Crippen LogP contribution < -0.4 is 10.6 Å². The third kappa shape index (κ3) is 3.36. The molecule has 0 atom stereocenters. The van der Waals surface area contributed by atoms with E-state index in [0.717, 1.165) is 11.5 Å². The van der Waals surface area contributed by atoms with Crippen LogP contribution >= 0.6 is 11.8 Å². The van der Waals surface area contributed by atoms with Gasteiger partial charge in [-0.15, -0.1) is 0 Å². The summed E-state index contributed by atoms with van der Waals surface area (Å²) in [7, 11) is 1.82. The molecule has 96 valence electrons. The van der Waals surface area contributed by atoms with E-state index >= 15 is 0 Å². The molecule has 0 spiro atoms. The van der Waals surface area contributed by atoms with E-state index in [4.69, 9.17) is 5.26 Å². The molecule has 0 aliphatic heterocycles. The molecule has 2 rings (SSSR count). The average molecular weight is 271 g/mol. The molecule has 0 aliphatic rings. The number of nitrogens with one attached hydrogen (secondary N) is 2. The van der Waals surface area contributed by atoms with Gasteiger partial charge in [-0.1, -0.05) is 11.8 Å². The normalized spacial score (nSPS) is 9.74. The number of rotatable bonds is 4. The first-order valence-electron chi connectivity index (χ1n) is 5.63. The summed E-state index contributed by atoms with van der Waals surface area (Å²) in [6.45, 7) is 0. The Labute approximate surface area is 116 Å². The van der Waals surface area contributed by atoms with Gasteiger partial charge in [-0.25, -0.2) is 9.97 Å². The first-order chi connectivity index (χ1) is 9.25. The van der Waals surface area contributed by atoms with Gasteiger partial charge in [0.25, 0.3) is 0 Å². The highest BCUT2D eigenvalue weighted by Crippen LogP contribution is 2.20. The molecule has 1 heterocycles. The molecule has 0 radical (unpaired) electrons. The van der Waals surface area contributed by atoms with Crippen molar-refractivity contribution >= 4 is 29.1 Å². The molecule has 0 aliphatic carbocycles. The Kier molecular flexibility index (Phi) is 4.21. The van der Waals surface area contributed by atoms with Crippen LogP contribution in [-0.2, 0) is 0 Å². The number of anilines is 3. The highest BCUT2D eigenvalue weighted by atomic mass is 32.2. The van der Waals surface area contributed by atoms with Crippen LogP contribution in [0.1, 0.15) is 5.56 Å². The largest absolute Gasteiger partial charge is 0.373 e. The van der Waals surface area contributed by atoms with Crippen molar-refractivity contribution in [2.45, 2.75) is 5.16 Å². The van der Waals surface area contributed by atoms with Crippen LogP contribution in [0.4, 0.5) is 17.3 Å². The van der Waals surface area contributed by atoms with Crippen LogP contribution in [0.3, 0.4) is 0 Å². The number of hydrogen-bond acceptors (Lipinski definition) is 6. The van der Waals surface area contributed by atoms with E-state index in [2.05, 4.69) is 26.7 Å². The van der Waals surface area contributed by atoms with Crippen LogP contribution in [0.2, 0.25) is 0 Å². The molecule has 0 amide bonds. The molecule has 5 nitrogen and oxygen atoms in total. The maximum atomic E-state index is 8.75. The number of nitriles is 1. The number of hydrogen-bond donors (Lipinski definition) is 2. The Morgan fingerprint density at radius 2 is 1.84 bits per heavy atom. The monoisotopic (exact) mass is 271 g/mol. The molecule has 0 unspecified atom stereocenters. The topological polar surface area (TPSA) is 73.6 Å². The highest BCUT2D eigenvalue weighted by Gasteiger charge is 2.03. The van der Waals surface area contributed by atoms with Gasteiger partial charge >= 0.3 is 0 Å². The van der Waals surface area contributed by atoms with Crippen molar-refractivity contribution in [3.8, 4) is 6.07 Å². The second-order valence-electron chi connectivity index (χ2n) is 3.69. The van der Waals surface area contributed by atoms with Crippen LogP contribution in [-0.4, -0.2) is 23.3 Å². The van der Waals surface area contributed by atoms with E-state index < -0.39 is 0 Å². The van der Waals surface area contributed by atoms with Gasteiger partial charge in [0.15, 0.2) is 5.16 Å². The minimum Gasteiger partial charge on any atom is -0.373 e. The zero-order valence-electron chi connectivity index (χ0n) is 10.6. The summed E-state index contributed by atoms with van der Waals surface area (Å²) in [5.74, 6) is 1.48. The average Bonchev–Trinajstić information content (AvgIpc) is 2.47. The van der Waals surface area contributed by atoms with Crippen molar-refractivity contribution in [1.29, 1.82) is 5.26 Å². The maximum Gasteiger partial charge on any atom is 0.191 e. The molecule has 0 saturated carbocycles. The zero-order valence-corrected chi connectivity index (χ0v) is 11.5. The number of benzene rings is 1. The third-order valence-corrected chi connectivity index (χ3v) is 2.98. The van der Waals surface area contributed by atoms with Gasteiger partial charge in [-0.2, -0.15) is 5.26 Å². The maximum absolute atomic E-state index is 8.75. The van der Waals surface area contributed by atoms with Crippen LogP contribution in [0.5, 0.6) is 0 Å². The lowest BCUT2D eigenvalue weighted by molar-refractivity contribution is 0.977. The fraction of sp³-hybridized carbons (Fsp3) is 0.154. The SMILES string of the molecule is CNc1cc(Nc2ccc(C#N)cc2)nc(SC)n1. The molecule has 0 fully saturated rings. The van der Waals surface area contributed by atoms with Crippen molar-refractivity contribution in [3.63, 3.8) is 0 Å². The van der Waals surface area contributed by atoms with Gasteiger partial charge in [-0.3, -0.25) is 0 Å². The molecule has 2 N–H and O–H groups in total. The van der Waals surface area contributed by atoms with Gasteiger partial charge in [0.2, 0.25) is 0 Å². The lowest BCUT2D eigenvalue weighted by atomic mass is 10.2. The first-order valence-corrected chi connectivity index (χ1v) is 6.85. The molecule has 0 saturated heterocycles. The summed E-state index contributed by atoms with van der Waals surface area (Å²) in [4.78, 5) is 8.67. The fourth-order valence-corrected chi connectivity index (χ4v) is 1.86. The Morgan fingerprint density at radius 1 is 1.16 bits per heavy atom. The summed E-state index contributed by atoms with van der Waals surface area (Å²) in [5, 5.41) is 15.6. The summed E-state index contributed by atoms with van der Waals surface area (Å²) < 4.78 is 0. The predicted molar refractivity (Wildman–Crippen MR) is 77.8 cm³/mol. The molecule has 1 aromatic heterocycles. The Balaban J connectivity index is 2.24. The van der Waals surface area contributed by atoms with Gasteiger partial charge < -0.3 is 10.6 Å². The lowest BCUT2D eigenvalue weighted by Crippen LogP contribution is -2.00. The van der Waals surface area contributed by atoms with Gasteiger partial charge in [-0.05, 0) is 30.5 Å². The van der Waals surface area contributed by atoms with Crippen molar-refractivity contribution in [2.24, 2.45) is 0 Å². The Morgan fingerprint density at radius 3 is 2.42 bits per heavy atom. The van der Waals surface area contributed by atoms with E-state index in [1.165, 1.54) is 11.8 Å². The summed E-state index contributed by atoms with van der Waals surface area (Å²) in [6.07, 6.45) is 1.93. The Bertz CT molecular complexity index is 581. The fourth-order valence-electron chi connectivity index (χ4n) is 1.48. The van der Waals surface area contributed by atoms with Crippen LogP contribution in [0, 0.1) is 11.3 Å². The summed E-state index contributed by atoms with van der Waals surface area (Å²) >= 11 is 1.48. The predicted octanol–water partition coefficient (Wildman–Crippen LogP) is 2.86. The number of nitrogens with zero attached hydrogens (tertiary/aromatic N) is 3. The van der Waals surface area contributed by atoms with E-state index in [0.29, 0.717) is 16.5 Å². The van der Waals surface area contributed by atoms with Crippen molar-refractivity contribution < 1.29 is 0 Å². The Hall–Kier alpha value is -2.26. The van der Waals surface area contributed by atoms with Crippen LogP contribution in [0.25, 0.3) is 0 Å². The molecule has 2 aromatic rings. The van der Waals surface area contributed by atoms with E-state index in [1.54, 1.807) is 12.1 Å². The zero-order chi connectivity index (χ0) is 13.7.